The number of halogens is 1. The highest BCUT2D eigenvalue weighted by molar-refractivity contribution is 7.81. The van der Waals surface area contributed by atoms with Crippen LogP contribution in [0.1, 0.15) is 47.7 Å². The normalized spacial score (nSPS) is 13.5. The SMILES string of the molecule is CCC(S)C(=O)OCc1cccnc1-c1ccc(OCC2CC2)c(C(=O)NCc2ccc(OC)c(F)c2)c1. The first-order valence-electron chi connectivity index (χ1n) is 12.6. The number of aromatic nitrogens is 1. The second-order valence-corrected chi connectivity index (χ2v) is 9.78. The van der Waals surface area contributed by atoms with Gasteiger partial charge in [0.05, 0.1) is 30.2 Å². The van der Waals surface area contributed by atoms with Crippen LogP contribution in [0.3, 0.4) is 0 Å². The first-order valence-corrected chi connectivity index (χ1v) is 13.1. The molecule has 0 aliphatic heterocycles. The lowest BCUT2D eigenvalue weighted by Crippen LogP contribution is -2.24. The van der Waals surface area contributed by atoms with Gasteiger partial charge in [-0.15, -0.1) is 0 Å². The number of methoxy groups -OCH3 is 1. The van der Waals surface area contributed by atoms with Crippen LogP contribution in [0.5, 0.6) is 11.5 Å². The van der Waals surface area contributed by atoms with Crippen molar-refractivity contribution in [1.82, 2.24) is 10.3 Å². The van der Waals surface area contributed by atoms with Gasteiger partial charge in [0.15, 0.2) is 11.6 Å². The highest BCUT2D eigenvalue weighted by Crippen LogP contribution is 2.32. The van der Waals surface area contributed by atoms with Crippen LogP contribution in [0.4, 0.5) is 4.39 Å². The van der Waals surface area contributed by atoms with Crippen LogP contribution < -0.4 is 14.8 Å². The Labute approximate surface area is 227 Å². The minimum Gasteiger partial charge on any atom is -0.494 e. The van der Waals surface area contributed by atoms with Crippen molar-refractivity contribution in [3.05, 3.63) is 77.2 Å². The Hall–Kier alpha value is -3.59. The van der Waals surface area contributed by atoms with Gasteiger partial charge >= 0.3 is 5.97 Å². The molecule has 0 spiro atoms. The molecular formula is C29H31FN2O5S. The highest BCUT2D eigenvalue weighted by Gasteiger charge is 2.24. The number of carbonyl (C=O) groups excluding carboxylic acids is 2. The molecule has 1 fully saturated rings. The molecule has 1 aliphatic rings. The molecule has 1 saturated carbocycles. The number of pyridine rings is 1. The minimum atomic E-state index is -0.499. The number of benzene rings is 2. The second-order valence-electron chi connectivity index (χ2n) is 9.16. The third kappa shape index (κ3) is 7.04. The second kappa shape index (κ2) is 12.8. The number of ether oxygens (including phenoxy) is 3. The Morgan fingerprint density at radius 2 is 1.95 bits per heavy atom. The van der Waals surface area contributed by atoms with E-state index in [1.807, 2.05) is 19.1 Å². The molecule has 9 heteroatoms. The summed E-state index contributed by atoms with van der Waals surface area (Å²) in [5, 5.41) is 2.36. The minimum absolute atomic E-state index is 0.0313. The van der Waals surface area contributed by atoms with Gasteiger partial charge in [-0.05, 0) is 67.1 Å². The summed E-state index contributed by atoms with van der Waals surface area (Å²) in [4.78, 5) is 29.9. The fourth-order valence-electron chi connectivity index (χ4n) is 3.80. The van der Waals surface area contributed by atoms with E-state index in [1.165, 1.54) is 19.2 Å². The van der Waals surface area contributed by atoms with Crippen LogP contribution in [0, 0.1) is 11.7 Å². The van der Waals surface area contributed by atoms with Crippen molar-refractivity contribution in [2.24, 2.45) is 5.92 Å². The van der Waals surface area contributed by atoms with E-state index >= 15 is 0 Å². The lowest BCUT2D eigenvalue weighted by molar-refractivity contribution is -0.144. The molecule has 1 atom stereocenters. The van der Waals surface area contributed by atoms with Crippen molar-refractivity contribution >= 4 is 24.5 Å². The number of esters is 1. The maximum absolute atomic E-state index is 14.1. The molecular weight excluding hydrogens is 507 g/mol. The van der Waals surface area contributed by atoms with E-state index in [0.717, 1.165) is 12.8 Å². The van der Waals surface area contributed by atoms with E-state index in [2.05, 4.69) is 22.9 Å². The fourth-order valence-corrected chi connectivity index (χ4v) is 3.87. The Morgan fingerprint density at radius 1 is 1.16 bits per heavy atom. The van der Waals surface area contributed by atoms with Crippen LogP contribution in [0.25, 0.3) is 11.3 Å². The molecule has 1 N–H and O–H groups in total. The van der Waals surface area contributed by atoms with Gasteiger partial charge in [0, 0.05) is 23.9 Å². The number of nitrogens with zero attached hydrogens (tertiary/aromatic N) is 1. The van der Waals surface area contributed by atoms with Crippen LogP contribution in [-0.4, -0.2) is 35.8 Å². The largest absolute Gasteiger partial charge is 0.494 e. The van der Waals surface area contributed by atoms with E-state index in [9.17, 15) is 14.0 Å². The molecule has 1 aromatic heterocycles. The monoisotopic (exact) mass is 538 g/mol. The number of hydrogen-bond donors (Lipinski definition) is 2. The van der Waals surface area contributed by atoms with Gasteiger partial charge in [0.1, 0.15) is 12.4 Å². The zero-order chi connectivity index (χ0) is 27.1. The van der Waals surface area contributed by atoms with E-state index in [0.29, 0.717) is 52.6 Å². The summed E-state index contributed by atoms with van der Waals surface area (Å²) < 4.78 is 30.5. The number of carbonyl (C=O) groups is 2. The van der Waals surface area contributed by atoms with Gasteiger partial charge in [0.2, 0.25) is 0 Å². The summed E-state index contributed by atoms with van der Waals surface area (Å²) in [5.41, 5.74) is 2.90. The highest BCUT2D eigenvalue weighted by atomic mass is 32.1. The molecule has 38 heavy (non-hydrogen) atoms. The molecule has 0 saturated heterocycles. The number of hydrogen-bond acceptors (Lipinski definition) is 7. The Bertz CT molecular complexity index is 1300. The van der Waals surface area contributed by atoms with Crippen LogP contribution in [-0.2, 0) is 22.7 Å². The predicted octanol–water partition coefficient (Wildman–Crippen LogP) is 5.37. The van der Waals surface area contributed by atoms with Crippen molar-refractivity contribution in [3.8, 4) is 22.8 Å². The zero-order valence-corrected chi connectivity index (χ0v) is 22.3. The lowest BCUT2D eigenvalue weighted by atomic mass is 10.0. The number of thiol groups is 1. The van der Waals surface area contributed by atoms with E-state index < -0.39 is 17.0 Å². The quantitative estimate of drug-likeness (QED) is 0.238. The van der Waals surface area contributed by atoms with Crippen molar-refractivity contribution in [3.63, 3.8) is 0 Å². The third-order valence-electron chi connectivity index (χ3n) is 6.26. The molecule has 1 unspecified atom stereocenters. The molecule has 3 aromatic rings. The average Bonchev–Trinajstić information content (AvgIpc) is 3.78. The smallest absolute Gasteiger partial charge is 0.319 e. The first-order chi connectivity index (χ1) is 18.4. The standard InChI is InChI=1S/C29H31FN2O5S/c1-3-26(38)29(34)37-17-21-5-4-12-31-27(21)20-9-11-24(36-16-18-6-7-18)22(14-20)28(33)32-15-19-8-10-25(35-2)23(30)13-19/h4-5,8-14,18,26,38H,3,6-7,15-17H2,1-2H3,(H,32,33). The molecule has 1 aliphatic carbocycles. The van der Waals surface area contributed by atoms with Crippen LogP contribution in [0.2, 0.25) is 0 Å². The maximum Gasteiger partial charge on any atom is 0.319 e. The topological polar surface area (TPSA) is 86.8 Å². The van der Waals surface area contributed by atoms with E-state index in [-0.39, 0.29) is 24.8 Å². The molecule has 1 heterocycles. The first kappa shape index (κ1) is 27.4. The summed E-state index contributed by atoms with van der Waals surface area (Å²) in [6.45, 7) is 2.55. The summed E-state index contributed by atoms with van der Waals surface area (Å²) >= 11 is 4.24. The van der Waals surface area contributed by atoms with Gasteiger partial charge in [-0.25, -0.2) is 4.39 Å². The average molecular weight is 539 g/mol. The lowest BCUT2D eigenvalue weighted by Gasteiger charge is -2.15. The maximum atomic E-state index is 14.1. The molecule has 4 rings (SSSR count). The summed E-state index contributed by atoms with van der Waals surface area (Å²) in [6.07, 6.45) is 4.43. The van der Waals surface area contributed by atoms with E-state index in [1.54, 1.807) is 30.5 Å². The van der Waals surface area contributed by atoms with Crippen molar-refractivity contribution in [2.45, 2.75) is 44.6 Å². The number of rotatable bonds is 12. The summed E-state index contributed by atoms with van der Waals surface area (Å²) in [7, 11) is 1.40. The third-order valence-corrected chi connectivity index (χ3v) is 6.83. The molecule has 1 amide bonds. The molecule has 0 bridgehead atoms. The van der Waals surface area contributed by atoms with Crippen LogP contribution in [0.15, 0.2) is 54.7 Å². The number of amides is 1. The Balaban J connectivity index is 1.56. The zero-order valence-electron chi connectivity index (χ0n) is 21.4. The van der Waals surface area contributed by atoms with Gasteiger partial charge in [-0.2, -0.15) is 12.6 Å². The van der Waals surface area contributed by atoms with Crippen molar-refractivity contribution < 1.29 is 28.2 Å². The predicted molar refractivity (Wildman–Crippen MR) is 145 cm³/mol. The van der Waals surface area contributed by atoms with Crippen molar-refractivity contribution in [1.29, 1.82) is 0 Å². The molecule has 200 valence electrons. The van der Waals surface area contributed by atoms with Crippen LogP contribution >= 0.6 is 12.6 Å². The number of nitrogens with one attached hydrogen (secondary N) is 1. The van der Waals surface area contributed by atoms with Gasteiger partial charge < -0.3 is 19.5 Å². The fraction of sp³-hybridized carbons (Fsp3) is 0.345. The summed E-state index contributed by atoms with van der Waals surface area (Å²) in [5.74, 6) is -0.156. The van der Waals surface area contributed by atoms with Gasteiger partial charge in [-0.1, -0.05) is 19.1 Å². The van der Waals surface area contributed by atoms with Gasteiger partial charge in [0.25, 0.3) is 5.91 Å². The Morgan fingerprint density at radius 3 is 2.66 bits per heavy atom. The van der Waals surface area contributed by atoms with Gasteiger partial charge in [-0.3, -0.25) is 14.6 Å². The Kier molecular flexibility index (Phi) is 9.23. The molecule has 7 nitrogen and oxygen atoms in total. The molecule has 2 aromatic carbocycles. The summed E-state index contributed by atoms with van der Waals surface area (Å²) in [6, 6.07) is 13.4. The molecule has 0 radical (unpaired) electrons. The van der Waals surface area contributed by atoms with Crippen molar-refractivity contribution in [2.75, 3.05) is 13.7 Å². The van der Waals surface area contributed by atoms with E-state index in [4.69, 9.17) is 14.2 Å².